The molecule has 4 rings (SSSR count). The minimum Gasteiger partial charge on any atom is -0.493 e. The number of nitrogens with zero attached hydrogens (tertiary/aromatic N) is 3. The second kappa shape index (κ2) is 8.11. The Kier molecular flexibility index (Phi) is 5.37. The van der Waals surface area contributed by atoms with E-state index in [4.69, 9.17) is 9.47 Å². The van der Waals surface area contributed by atoms with Crippen molar-refractivity contribution in [1.29, 1.82) is 0 Å². The zero-order chi connectivity index (χ0) is 21.3. The summed E-state index contributed by atoms with van der Waals surface area (Å²) in [6.07, 6.45) is 0.763. The highest BCUT2D eigenvalue weighted by Gasteiger charge is 2.26. The molecular weight excluding hydrogens is 406 g/mol. The van der Waals surface area contributed by atoms with Crippen LogP contribution in [0.1, 0.15) is 10.6 Å². The van der Waals surface area contributed by atoms with Gasteiger partial charge in [-0.1, -0.05) is 6.07 Å². The van der Waals surface area contributed by atoms with Crippen LogP contribution in [0, 0.1) is 17.0 Å². The van der Waals surface area contributed by atoms with E-state index >= 15 is 0 Å². The van der Waals surface area contributed by atoms with Crippen molar-refractivity contribution in [2.24, 2.45) is 0 Å². The Hall–Kier alpha value is -3.46. The minimum absolute atomic E-state index is 0.106. The van der Waals surface area contributed by atoms with Gasteiger partial charge in [-0.2, -0.15) is 0 Å². The molecule has 0 saturated carbocycles. The topological polar surface area (TPSA) is 94.8 Å². The predicted octanol–water partition coefficient (Wildman–Crippen LogP) is 4.00. The lowest BCUT2D eigenvalue weighted by Crippen LogP contribution is -2.33. The van der Waals surface area contributed by atoms with Crippen LogP contribution in [0.3, 0.4) is 0 Å². The van der Waals surface area contributed by atoms with Crippen LogP contribution in [0.4, 0.5) is 11.4 Å². The molecule has 0 spiro atoms. The first-order valence-electron chi connectivity index (χ1n) is 9.27. The number of nitro benzene ring substituents is 1. The molecule has 0 atom stereocenters. The van der Waals surface area contributed by atoms with Gasteiger partial charge in [0.15, 0.2) is 18.1 Å². The van der Waals surface area contributed by atoms with Crippen LogP contribution in [0.25, 0.3) is 11.3 Å². The van der Waals surface area contributed by atoms with Gasteiger partial charge in [-0.15, -0.1) is 11.3 Å². The van der Waals surface area contributed by atoms with E-state index in [0.717, 1.165) is 33.9 Å². The first-order chi connectivity index (χ1) is 14.5. The number of carbonyl (C=O) groups excluding carboxylic acids is 1. The fraction of sp³-hybridized carbons (Fsp3) is 0.238. The first kappa shape index (κ1) is 19.8. The lowest BCUT2D eigenvalue weighted by Gasteiger charge is -2.18. The summed E-state index contributed by atoms with van der Waals surface area (Å²) in [5.74, 6) is 0.304. The Morgan fingerprint density at radius 3 is 2.80 bits per heavy atom. The molecule has 1 aliphatic rings. The van der Waals surface area contributed by atoms with E-state index in [-0.39, 0.29) is 29.7 Å². The number of benzene rings is 2. The fourth-order valence-electron chi connectivity index (χ4n) is 3.42. The van der Waals surface area contributed by atoms with E-state index in [0.29, 0.717) is 6.54 Å². The number of aromatic nitrogens is 1. The van der Waals surface area contributed by atoms with Crippen molar-refractivity contribution in [3.05, 3.63) is 62.5 Å². The molecule has 0 saturated heterocycles. The SMILES string of the molecule is COc1cc([N+](=O)[O-])ccc1OCC(=O)N1CCc2cc(-c3csc(C)n3)ccc21. The molecule has 3 aromatic rings. The fourth-order valence-corrected chi connectivity index (χ4v) is 4.04. The zero-order valence-corrected chi connectivity index (χ0v) is 17.3. The number of hydrogen-bond acceptors (Lipinski definition) is 7. The van der Waals surface area contributed by atoms with Gasteiger partial charge in [0.1, 0.15) is 0 Å². The maximum absolute atomic E-state index is 12.8. The van der Waals surface area contributed by atoms with Crippen molar-refractivity contribution in [2.75, 3.05) is 25.2 Å². The molecule has 9 heteroatoms. The van der Waals surface area contributed by atoms with Gasteiger partial charge in [0.25, 0.3) is 11.6 Å². The van der Waals surface area contributed by atoms with E-state index in [2.05, 4.69) is 11.1 Å². The van der Waals surface area contributed by atoms with Gasteiger partial charge in [0.05, 0.1) is 28.8 Å². The molecule has 1 aliphatic heterocycles. The highest BCUT2D eigenvalue weighted by molar-refractivity contribution is 7.09. The van der Waals surface area contributed by atoms with Gasteiger partial charge in [-0.25, -0.2) is 4.98 Å². The van der Waals surface area contributed by atoms with Gasteiger partial charge >= 0.3 is 0 Å². The average Bonchev–Trinajstić information content (AvgIpc) is 3.37. The number of amides is 1. The molecule has 0 fully saturated rings. The molecule has 0 radical (unpaired) electrons. The van der Waals surface area contributed by atoms with Gasteiger partial charge in [-0.3, -0.25) is 14.9 Å². The monoisotopic (exact) mass is 425 g/mol. The van der Waals surface area contributed by atoms with Crippen molar-refractivity contribution in [3.8, 4) is 22.8 Å². The average molecular weight is 425 g/mol. The summed E-state index contributed by atoms with van der Waals surface area (Å²) < 4.78 is 10.7. The summed E-state index contributed by atoms with van der Waals surface area (Å²) in [5.41, 5.74) is 3.84. The molecule has 0 N–H and O–H groups in total. The summed E-state index contributed by atoms with van der Waals surface area (Å²) in [6, 6.07) is 10.0. The Bertz CT molecular complexity index is 1130. The van der Waals surface area contributed by atoms with Crippen LogP contribution in [0.2, 0.25) is 0 Å². The number of thiazole rings is 1. The third kappa shape index (κ3) is 3.84. The van der Waals surface area contributed by atoms with Crippen LogP contribution in [0.5, 0.6) is 11.5 Å². The van der Waals surface area contributed by atoms with Crippen molar-refractivity contribution in [3.63, 3.8) is 0 Å². The second-order valence-electron chi connectivity index (χ2n) is 6.77. The predicted molar refractivity (Wildman–Crippen MR) is 113 cm³/mol. The van der Waals surface area contributed by atoms with Crippen molar-refractivity contribution < 1.29 is 19.2 Å². The summed E-state index contributed by atoms with van der Waals surface area (Å²) >= 11 is 1.61. The number of hydrogen-bond donors (Lipinski definition) is 0. The molecule has 154 valence electrons. The Morgan fingerprint density at radius 2 is 2.10 bits per heavy atom. The Balaban J connectivity index is 1.47. The number of non-ortho nitro benzene ring substituents is 1. The van der Waals surface area contributed by atoms with Crippen LogP contribution in [-0.2, 0) is 11.2 Å². The lowest BCUT2D eigenvalue weighted by atomic mass is 10.1. The number of methoxy groups -OCH3 is 1. The smallest absolute Gasteiger partial charge is 0.273 e. The van der Waals surface area contributed by atoms with Gasteiger partial charge in [-0.05, 0) is 37.1 Å². The highest BCUT2D eigenvalue weighted by Crippen LogP contribution is 2.34. The minimum atomic E-state index is -0.514. The van der Waals surface area contributed by atoms with E-state index in [1.165, 1.54) is 25.3 Å². The van der Waals surface area contributed by atoms with Gasteiger partial charge < -0.3 is 14.4 Å². The van der Waals surface area contributed by atoms with E-state index in [1.807, 2.05) is 24.4 Å². The van der Waals surface area contributed by atoms with E-state index < -0.39 is 4.92 Å². The molecule has 2 heterocycles. The first-order valence-corrected chi connectivity index (χ1v) is 10.2. The van der Waals surface area contributed by atoms with Gasteiger partial charge in [0, 0.05) is 29.2 Å². The third-order valence-electron chi connectivity index (χ3n) is 4.90. The molecule has 0 bridgehead atoms. The molecule has 0 aliphatic carbocycles. The molecule has 1 amide bonds. The maximum atomic E-state index is 12.8. The summed E-state index contributed by atoms with van der Waals surface area (Å²) in [5, 5.41) is 13.9. The lowest BCUT2D eigenvalue weighted by molar-refractivity contribution is -0.384. The standard InChI is InChI=1S/C21H19N3O5S/c1-13-22-17(12-30-13)14-3-5-18-15(9-14)7-8-23(18)21(25)11-29-19-6-4-16(24(26)27)10-20(19)28-2/h3-6,9-10,12H,7-8,11H2,1-2H3. The Morgan fingerprint density at radius 1 is 1.27 bits per heavy atom. The number of anilines is 1. The van der Waals surface area contributed by atoms with Crippen LogP contribution < -0.4 is 14.4 Å². The van der Waals surface area contributed by atoms with Gasteiger partial charge in [0.2, 0.25) is 0 Å². The number of carbonyl (C=O) groups is 1. The second-order valence-corrected chi connectivity index (χ2v) is 7.83. The number of nitro groups is 1. The number of fused-ring (bicyclic) bond motifs is 1. The molecule has 30 heavy (non-hydrogen) atoms. The van der Waals surface area contributed by atoms with Crippen LogP contribution in [0.15, 0.2) is 41.8 Å². The number of aryl methyl sites for hydroxylation is 1. The molecule has 1 aromatic heterocycles. The molecule has 8 nitrogen and oxygen atoms in total. The number of ether oxygens (including phenoxy) is 2. The van der Waals surface area contributed by atoms with E-state index in [9.17, 15) is 14.9 Å². The van der Waals surface area contributed by atoms with Crippen LogP contribution in [-0.4, -0.2) is 36.1 Å². The summed E-state index contributed by atoms with van der Waals surface area (Å²) in [7, 11) is 1.39. The molecule has 2 aromatic carbocycles. The Labute approximate surface area is 176 Å². The molecule has 0 unspecified atom stereocenters. The summed E-state index contributed by atoms with van der Waals surface area (Å²) in [6.45, 7) is 2.36. The summed E-state index contributed by atoms with van der Waals surface area (Å²) in [4.78, 5) is 29.4. The number of rotatable bonds is 6. The van der Waals surface area contributed by atoms with Crippen LogP contribution >= 0.6 is 11.3 Å². The maximum Gasteiger partial charge on any atom is 0.273 e. The normalized spacial score (nSPS) is 12.5. The quantitative estimate of drug-likeness (QED) is 0.438. The van der Waals surface area contributed by atoms with Crippen molar-refractivity contribution >= 4 is 28.6 Å². The van der Waals surface area contributed by atoms with E-state index in [1.54, 1.807) is 16.2 Å². The third-order valence-corrected chi connectivity index (χ3v) is 5.67. The highest BCUT2D eigenvalue weighted by atomic mass is 32.1. The van der Waals surface area contributed by atoms with Crippen molar-refractivity contribution in [2.45, 2.75) is 13.3 Å². The largest absolute Gasteiger partial charge is 0.493 e. The molecular formula is C21H19N3O5S. The van der Waals surface area contributed by atoms with Crippen molar-refractivity contribution in [1.82, 2.24) is 4.98 Å². The zero-order valence-electron chi connectivity index (χ0n) is 16.5.